The lowest BCUT2D eigenvalue weighted by molar-refractivity contribution is 0.102. The van der Waals surface area contributed by atoms with E-state index in [4.69, 9.17) is 9.97 Å². The van der Waals surface area contributed by atoms with Crippen LogP contribution in [0.15, 0.2) is 158 Å². The lowest BCUT2D eigenvalue weighted by atomic mass is 10.0. The van der Waals surface area contributed by atoms with Crippen molar-refractivity contribution < 1.29 is 4.79 Å². The van der Waals surface area contributed by atoms with Gasteiger partial charge in [-0.15, -0.1) is 0 Å². The van der Waals surface area contributed by atoms with Gasteiger partial charge in [0.15, 0.2) is 0 Å². The van der Waals surface area contributed by atoms with E-state index in [0.717, 1.165) is 67.0 Å². The molecule has 3 N–H and O–H groups in total. The highest BCUT2D eigenvalue weighted by Crippen LogP contribution is 2.37. The van der Waals surface area contributed by atoms with E-state index < -0.39 is 0 Å². The summed E-state index contributed by atoms with van der Waals surface area (Å²) in [5.74, 6) is -0.306. The lowest BCUT2D eigenvalue weighted by Gasteiger charge is -2.09. The number of aromatic nitrogens is 6. The number of carbonyl (C=O) groups excluding carboxylic acids is 1. The van der Waals surface area contributed by atoms with Gasteiger partial charge >= 0.3 is 0 Å². The molecule has 0 atom stereocenters. The third kappa shape index (κ3) is 6.41. The Labute approximate surface area is 328 Å². The molecule has 270 valence electrons. The van der Waals surface area contributed by atoms with E-state index in [1.54, 1.807) is 24.5 Å². The van der Waals surface area contributed by atoms with Gasteiger partial charge in [0.25, 0.3) is 5.91 Å². The number of anilines is 1. The van der Waals surface area contributed by atoms with Crippen LogP contribution in [0.3, 0.4) is 0 Å². The average Bonchev–Trinajstić information content (AvgIpc) is 4.12. The quantitative estimate of drug-likeness (QED) is 0.157. The van der Waals surface area contributed by atoms with Crippen molar-refractivity contribution in [3.05, 3.63) is 186 Å². The van der Waals surface area contributed by atoms with Gasteiger partial charge in [-0.25, -0.2) is 9.97 Å². The Morgan fingerprint density at radius 2 is 0.895 bits per heavy atom. The molecule has 0 fully saturated rings. The molecule has 8 bridgehead atoms. The minimum Gasteiger partial charge on any atom is -0.354 e. The second-order valence-corrected chi connectivity index (χ2v) is 13.7. The van der Waals surface area contributed by atoms with Crippen molar-refractivity contribution in [2.45, 2.75) is 0 Å². The van der Waals surface area contributed by atoms with Gasteiger partial charge in [-0.3, -0.25) is 14.8 Å². The number of amides is 1. The number of hydrogen-bond acceptors (Lipinski definition) is 5. The summed E-state index contributed by atoms with van der Waals surface area (Å²) in [6.07, 6.45) is 11.5. The molecule has 10 rings (SSSR count). The summed E-state index contributed by atoms with van der Waals surface area (Å²) in [4.78, 5) is 41.2. The van der Waals surface area contributed by atoms with Crippen LogP contribution in [-0.2, 0) is 0 Å². The number of H-pyrrole nitrogens is 2. The minimum atomic E-state index is -0.306. The largest absolute Gasteiger partial charge is 0.354 e. The summed E-state index contributed by atoms with van der Waals surface area (Å²) < 4.78 is 0. The third-order valence-electron chi connectivity index (χ3n) is 10.1. The molecule has 8 aromatic rings. The topological polar surface area (TPSA) is 112 Å². The SMILES string of the molecule is O=C(Nc1c2nc(c(-c3ccccc3)c3ccc([nH]3)c(-c3ccccc3)c3nc(c(-c4ccccc4)c4ccc1[nH]4)C=C3)C=C2)c1ccnc(-c2ccccn2)c1. The molecule has 0 saturated heterocycles. The maximum absolute atomic E-state index is 14.2. The predicted molar refractivity (Wildman–Crippen MR) is 231 cm³/mol. The van der Waals surface area contributed by atoms with Crippen molar-refractivity contribution in [3.8, 4) is 44.8 Å². The maximum Gasteiger partial charge on any atom is 0.255 e. The molecule has 0 saturated carbocycles. The van der Waals surface area contributed by atoms with Crippen LogP contribution >= 0.6 is 0 Å². The summed E-state index contributed by atoms with van der Waals surface area (Å²) in [5.41, 5.74) is 14.5. The van der Waals surface area contributed by atoms with Crippen molar-refractivity contribution in [2.24, 2.45) is 0 Å². The van der Waals surface area contributed by atoms with E-state index in [-0.39, 0.29) is 5.91 Å². The number of aromatic amines is 2. The fourth-order valence-corrected chi connectivity index (χ4v) is 7.47. The monoisotopic (exact) mass is 735 g/mol. The number of fused-ring (bicyclic) bond motifs is 8. The number of nitrogens with zero attached hydrogens (tertiary/aromatic N) is 4. The molecule has 3 aromatic carbocycles. The number of nitrogens with one attached hydrogen (secondary N) is 3. The average molecular weight is 736 g/mol. The Kier molecular flexibility index (Phi) is 8.46. The van der Waals surface area contributed by atoms with Crippen LogP contribution in [-0.4, -0.2) is 35.8 Å². The highest BCUT2D eigenvalue weighted by atomic mass is 16.1. The highest BCUT2D eigenvalue weighted by molar-refractivity contribution is 6.09. The number of benzene rings is 3. The van der Waals surface area contributed by atoms with Crippen molar-refractivity contribution in [3.63, 3.8) is 0 Å². The first-order valence-corrected chi connectivity index (χ1v) is 18.7. The summed E-state index contributed by atoms with van der Waals surface area (Å²) in [5, 5.41) is 3.23. The van der Waals surface area contributed by atoms with E-state index in [1.807, 2.05) is 84.9 Å². The van der Waals surface area contributed by atoms with Crippen LogP contribution in [0.2, 0.25) is 0 Å². The number of rotatable bonds is 6. The molecule has 5 aromatic heterocycles. The van der Waals surface area contributed by atoms with Gasteiger partial charge in [0, 0.05) is 51.2 Å². The van der Waals surface area contributed by atoms with E-state index in [9.17, 15) is 4.79 Å². The molecule has 2 aliphatic heterocycles. The molecule has 2 aliphatic rings. The smallest absolute Gasteiger partial charge is 0.255 e. The van der Waals surface area contributed by atoms with Gasteiger partial charge in [-0.05, 0) is 89.5 Å². The molecular formula is C49H33N7O. The van der Waals surface area contributed by atoms with Crippen LogP contribution in [0.25, 0.3) is 91.1 Å². The Bertz CT molecular complexity index is 3000. The molecule has 0 radical (unpaired) electrons. The molecule has 0 unspecified atom stereocenters. The van der Waals surface area contributed by atoms with Crippen molar-refractivity contribution >= 4 is 58.0 Å². The van der Waals surface area contributed by atoms with Crippen LogP contribution in [0.1, 0.15) is 33.1 Å². The van der Waals surface area contributed by atoms with Gasteiger partial charge in [0.05, 0.1) is 45.4 Å². The Balaban J connectivity index is 1.27. The fourth-order valence-electron chi connectivity index (χ4n) is 7.47. The van der Waals surface area contributed by atoms with Gasteiger partial charge < -0.3 is 15.3 Å². The molecule has 0 spiro atoms. The second-order valence-electron chi connectivity index (χ2n) is 13.7. The number of pyridine rings is 2. The molecule has 7 heterocycles. The van der Waals surface area contributed by atoms with Crippen LogP contribution in [0.4, 0.5) is 5.69 Å². The van der Waals surface area contributed by atoms with Crippen molar-refractivity contribution in [1.82, 2.24) is 29.9 Å². The van der Waals surface area contributed by atoms with Crippen LogP contribution in [0, 0.1) is 0 Å². The van der Waals surface area contributed by atoms with E-state index in [1.165, 1.54) is 0 Å². The molecule has 57 heavy (non-hydrogen) atoms. The summed E-state index contributed by atoms with van der Waals surface area (Å²) in [6.45, 7) is 0. The Morgan fingerprint density at radius 3 is 1.42 bits per heavy atom. The normalized spacial score (nSPS) is 11.8. The standard InChI is InChI=1S/C49H33N7O/c57-49(34-27-29-51-44(30-34)35-18-10-11-28-50-35)56-48-42-25-23-40(54-42)46(32-14-6-2-7-15-32)38-21-19-36(52-38)45(31-12-4-1-5-13-31)37-20-22-39(53-37)47(33-16-8-3-9-17-33)41-24-26-43(48)55-41/h1-30,52,55H,(H,56,57). The van der Waals surface area contributed by atoms with Gasteiger partial charge in [-0.2, -0.15) is 0 Å². The van der Waals surface area contributed by atoms with Crippen molar-refractivity contribution in [1.29, 1.82) is 0 Å². The Morgan fingerprint density at radius 1 is 0.439 bits per heavy atom. The Hall–Kier alpha value is -7.97. The minimum absolute atomic E-state index is 0.306. The van der Waals surface area contributed by atoms with Crippen LogP contribution < -0.4 is 5.32 Å². The maximum atomic E-state index is 14.2. The second kappa shape index (κ2) is 14.4. The zero-order valence-electron chi connectivity index (χ0n) is 30.5. The summed E-state index contributed by atoms with van der Waals surface area (Å²) in [6, 6.07) is 48.1. The van der Waals surface area contributed by atoms with Gasteiger partial charge in [-0.1, -0.05) is 97.1 Å². The van der Waals surface area contributed by atoms with E-state index in [0.29, 0.717) is 33.8 Å². The molecule has 8 nitrogen and oxygen atoms in total. The highest BCUT2D eigenvalue weighted by Gasteiger charge is 2.20. The lowest BCUT2D eigenvalue weighted by Crippen LogP contribution is -2.13. The first kappa shape index (κ1) is 33.6. The van der Waals surface area contributed by atoms with Gasteiger partial charge in [0.1, 0.15) is 0 Å². The van der Waals surface area contributed by atoms with E-state index >= 15 is 0 Å². The molecular weight excluding hydrogens is 703 g/mol. The number of hydrogen-bond donors (Lipinski definition) is 3. The summed E-state index contributed by atoms with van der Waals surface area (Å²) in [7, 11) is 0. The van der Waals surface area contributed by atoms with Gasteiger partial charge in [0.2, 0.25) is 0 Å². The fraction of sp³-hybridized carbons (Fsp3) is 0. The number of carbonyl (C=O) groups is 1. The third-order valence-corrected chi connectivity index (χ3v) is 10.1. The predicted octanol–water partition coefficient (Wildman–Crippen LogP) is 11.4. The van der Waals surface area contributed by atoms with Crippen molar-refractivity contribution in [2.75, 3.05) is 5.32 Å². The zero-order chi connectivity index (χ0) is 38.1. The first-order chi connectivity index (χ1) is 28.2. The van der Waals surface area contributed by atoms with Crippen LogP contribution in [0.5, 0.6) is 0 Å². The summed E-state index contributed by atoms with van der Waals surface area (Å²) >= 11 is 0. The first-order valence-electron chi connectivity index (χ1n) is 18.7. The molecule has 0 aliphatic carbocycles. The molecule has 1 amide bonds. The molecule has 8 heteroatoms. The van der Waals surface area contributed by atoms with E-state index in [2.05, 4.69) is 98.1 Å². The zero-order valence-corrected chi connectivity index (χ0v) is 30.5.